The monoisotopic (exact) mass is 228 g/mol. The average molecular weight is 228 g/mol. The standard InChI is InChI=1S/C8H12O5.K.H/c1-3-12-7(10)6(5-9)8(11)13-4-2;;/h5,9H,3-4H2,1-2H3;;/q;+1;-1. The molecule has 0 saturated heterocycles. The molecule has 0 aromatic carbocycles. The van der Waals surface area contributed by atoms with Crippen molar-refractivity contribution >= 4 is 11.9 Å². The number of carbonyl (C=O) groups excluding carboxylic acids is 2. The second-order valence-electron chi connectivity index (χ2n) is 1.98. The molecule has 0 spiro atoms. The Hall–Kier alpha value is 0.116. The van der Waals surface area contributed by atoms with Crippen molar-refractivity contribution in [3.63, 3.8) is 0 Å². The van der Waals surface area contributed by atoms with Gasteiger partial charge in [-0.15, -0.1) is 0 Å². The molecule has 0 unspecified atom stereocenters. The SMILES string of the molecule is CCOC(=O)C(=CO)C(=O)OCC.[H-].[K+]. The third-order valence-corrected chi connectivity index (χ3v) is 1.12. The molecule has 0 bridgehead atoms. The summed E-state index contributed by atoms with van der Waals surface area (Å²) < 4.78 is 8.99. The number of ether oxygens (including phenoxy) is 2. The molecule has 76 valence electrons. The van der Waals surface area contributed by atoms with E-state index in [0.717, 1.165) is 0 Å². The Bertz CT molecular complexity index is 209. The molecule has 0 amide bonds. The Kier molecular flexibility index (Phi) is 11.4. The van der Waals surface area contributed by atoms with Gasteiger partial charge in [-0.1, -0.05) is 0 Å². The summed E-state index contributed by atoms with van der Waals surface area (Å²) in [7, 11) is 0. The summed E-state index contributed by atoms with van der Waals surface area (Å²) in [5.74, 6) is -1.77. The van der Waals surface area contributed by atoms with E-state index in [2.05, 4.69) is 9.47 Å². The first-order valence-electron chi connectivity index (χ1n) is 3.85. The van der Waals surface area contributed by atoms with Gasteiger partial charge in [0.1, 0.15) is 6.26 Å². The fourth-order valence-corrected chi connectivity index (χ4v) is 0.606. The van der Waals surface area contributed by atoms with Gasteiger partial charge in [-0.3, -0.25) is 0 Å². The molecule has 0 fully saturated rings. The molecule has 0 aromatic rings. The topological polar surface area (TPSA) is 72.8 Å². The number of hydrogen-bond donors (Lipinski definition) is 1. The molecular formula is C8H13KO5. The number of aliphatic hydroxyl groups is 1. The second kappa shape index (κ2) is 9.66. The van der Waals surface area contributed by atoms with Crippen LogP contribution >= 0.6 is 0 Å². The van der Waals surface area contributed by atoms with E-state index in [0.29, 0.717) is 6.26 Å². The first-order chi connectivity index (χ1) is 6.17. The third-order valence-electron chi connectivity index (χ3n) is 1.12. The van der Waals surface area contributed by atoms with Gasteiger partial charge >= 0.3 is 63.3 Å². The number of carbonyl (C=O) groups is 2. The molecule has 0 radical (unpaired) electrons. The molecule has 5 nitrogen and oxygen atoms in total. The molecular weight excluding hydrogens is 215 g/mol. The van der Waals surface area contributed by atoms with Crippen LogP contribution in [0.3, 0.4) is 0 Å². The average Bonchev–Trinajstić information content (AvgIpc) is 2.06. The van der Waals surface area contributed by atoms with Gasteiger partial charge in [0.2, 0.25) is 0 Å². The van der Waals surface area contributed by atoms with Gasteiger partial charge in [0, 0.05) is 0 Å². The van der Waals surface area contributed by atoms with Crippen LogP contribution in [0.25, 0.3) is 0 Å². The van der Waals surface area contributed by atoms with Gasteiger partial charge in [-0.25, -0.2) is 9.59 Å². The van der Waals surface area contributed by atoms with Crippen molar-refractivity contribution in [1.82, 2.24) is 0 Å². The van der Waals surface area contributed by atoms with Crippen molar-refractivity contribution in [2.45, 2.75) is 13.8 Å². The van der Waals surface area contributed by atoms with Gasteiger partial charge in [-0.05, 0) is 13.8 Å². The molecule has 0 aliphatic rings. The Morgan fingerprint density at radius 2 is 1.57 bits per heavy atom. The quantitative estimate of drug-likeness (QED) is 0.146. The molecule has 0 aromatic heterocycles. The van der Waals surface area contributed by atoms with Crippen molar-refractivity contribution in [2.24, 2.45) is 0 Å². The first kappa shape index (κ1) is 16.5. The summed E-state index contributed by atoms with van der Waals surface area (Å²) in [6, 6.07) is 0. The van der Waals surface area contributed by atoms with E-state index in [4.69, 9.17) is 5.11 Å². The van der Waals surface area contributed by atoms with E-state index in [-0.39, 0.29) is 66.0 Å². The van der Waals surface area contributed by atoms with Crippen molar-refractivity contribution < 1.29 is 77.0 Å². The van der Waals surface area contributed by atoms with Gasteiger partial charge in [0.25, 0.3) is 0 Å². The summed E-state index contributed by atoms with van der Waals surface area (Å²) >= 11 is 0. The minimum atomic E-state index is -0.886. The summed E-state index contributed by atoms with van der Waals surface area (Å²) in [4.78, 5) is 21.9. The maximum atomic E-state index is 10.9. The largest absolute Gasteiger partial charge is 1.00 e. The van der Waals surface area contributed by atoms with Crippen molar-refractivity contribution in [1.29, 1.82) is 0 Å². The van der Waals surface area contributed by atoms with Crippen molar-refractivity contribution in [3.8, 4) is 0 Å². The second-order valence-corrected chi connectivity index (χ2v) is 1.98. The normalized spacial score (nSPS) is 8.14. The number of aliphatic hydroxyl groups excluding tert-OH is 1. The van der Waals surface area contributed by atoms with Gasteiger partial charge in [0.05, 0.1) is 13.2 Å². The van der Waals surface area contributed by atoms with Gasteiger partial charge < -0.3 is 16.0 Å². The van der Waals surface area contributed by atoms with Gasteiger partial charge in [0.15, 0.2) is 5.57 Å². The van der Waals surface area contributed by atoms with Crippen LogP contribution in [0, 0.1) is 0 Å². The van der Waals surface area contributed by atoms with Gasteiger partial charge in [-0.2, -0.15) is 0 Å². The predicted molar refractivity (Wildman–Crippen MR) is 45.1 cm³/mol. The summed E-state index contributed by atoms with van der Waals surface area (Å²) in [5.41, 5.74) is -0.497. The Balaban J connectivity index is -0.000000720. The minimum absolute atomic E-state index is 0. The number of rotatable bonds is 4. The van der Waals surface area contributed by atoms with E-state index in [9.17, 15) is 9.59 Å². The van der Waals surface area contributed by atoms with Crippen LogP contribution in [0.15, 0.2) is 11.8 Å². The van der Waals surface area contributed by atoms with E-state index in [1.165, 1.54) is 0 Å². The fraction of sp³-hybridized carbons (Fsp3) is 0.500. The molecule has 0 heterocycles. The maximum Gasteiger partial charge on any atom is 1.00 e. The van der Waals surface area contributed by atoms with E-state index in [1.54, 1.807) is 13.8 Å². The minimum Gasteiger partial charge on any atom is -1.00 e. The van der Waals surface area contributed by atoms with Crippen LogP contribution in [0.1, 0.15) is 15.3 Å². The molecule has 1 N–H and O–H groups in total. The Labute approximate surface area is 126 Å². The summed E-state index contributed by atoms with van der Waals surface area (Å²) in [5, 5.41) is 8.56. The molecule has 14 heavy (non-hydrogen) atoms. The third kappa shape index (κ3) is 5.76. The molecule has 0 aliphatic carbocycles. The first-order valence-corrected chi connectivity index (χ1v) is 3.85. The molecule has 0 aliphatic heterocycles. The van der Waals surface area contributed by atoms with Crippen LogP contribution in [0.5, 0.6) is 0 Å². The molecule has 0 saturated carbocycles. The maximum absolute atomic E-state index is 10.9. The van der Waals surface area contributed by atoms with Crippen molar-refractivity contribution in [3.05, 3.63) is 11.8 Å². The predicted octanol–water partition coefficient (Wildman–Crippen LogP) is -2.33. The van der Waals surface area contributed by atoms with E-state index in [1.807, 2.05) is 0 Å². The zero-order chi connectivity index (χ0) is 10.3. The van der Waals surface area contributed by atoms with Crippen LogP contribution in [0.2, 0.25) is 0 Å². The zero-order valence-electron chi connectivity index (χ0n) is 9.57. The van der Waals surface area contributed by atoms with E-state index < -0.39 is 17.5 Å². The molecule has 0 rings (SSSR count). The van der Waals surface area contributed by atoms with Crippen LogP contribution in [-0.2, 0) is 19.1 Å². The van der Waals surface area contributed by atoms with Crippen LogP contribution in [0.4, 0.5) is 0 Å². The smallest absolute Gasteiger partial charge is 1.00 e. The number of hydrogen-bond acceptors (Lipinski definition) is 5. The zero-order valence-corrected chi connectivity index (χ0v) is 11.7. The van der Waals surface area contributed by atoms with Crippen LogP contribution < -0.4 is 51.4 Å². The van der Waals surface area contributed by atoms with E-state index >= 15 is 0 Å². The summed E-state index contributed by atoms with van der Waals surface area (Å²) in [6.07, 6.45) is 0.385. The van der Waals surface area contributed by atoms with Crippen LogP contribution in [-0.4, -0.2) is 30.3 Å². The number of esters is 2. The Morgan fingerprint density at radius 1 is 1.21 bits per heavy atom. The molecule has 6 heteroatoms. The Morgan fingerprint density at radius 3 is 1.79 bits per heavy atom. The summed E-state index contributed by atoms with van der Waals surface area (Å²) in [6.45, 7) is 3.46. The fourth-order valence-electron chi connectivity index (χ4n) is 0.606. The molecule has 0 atom stereocenters. The van der Waals surface area contributed by atoms with Crippen molar-refractivity contribution in [2.75, 3.05) is 13.2 Å².